The van der Waals surface area contributed by atoms with Crippen LogP contribution in [-0.4, -0.2) is 203 Å². The Bertz CT molecular complexity index is 3490. The molecule has 0 heterocycles. The number of methoxy groups -OCH3 is 1. The fourth-order valence-electron chi connectivity index (χ4n) is 8.18. The number of rotatable bonds is 47. The SMILES string of the molecule is CCC(C)(C)C(=O)OCC(C)O.CCC(C)(C)C(=O)OCCOC.CCC(C)(C)C(=O)OCCOC(=O)c1ccc(C(=O)O)cc1.CCC(C)(C)C(=O)OCCOC(=O)c1ccccc1C(=O)O.CCC(C)(C)C(=O)OCCOC(=O)c1ccccc1C(=O)O.CCCCC(CC)COC(=O)CCCCCOC(=O)NCCOC(=O)C(C)(C)CC. The molecule has 31 nitrogen and oxygen atoms in total. The maximum atomic E-state index is 11.8. The van der Waals surface area contributed by atoms with Gasteiger partial charge in [0.25, 0.3) is 0 Å². The zero-order chi connectivity index (χ0) is 92.5. The molecule has 0 fully saturated rings. The van der Waals surface area contributed by atoms with E-state index in [1.165, 1.54) is 67.1 Å². The third-order valence-corrected chi connectivity index (χ3v) is 19.3. The quantitative estimate of drug-likeness (QED) is 0.0199. The maximum absolute atomic E-state index is 11.8. The summed E-state index contributed by atoms with van der Waals surface area (Å²) < 4.78 is 60.1. The van der Waals surface area contributed by atoms with Gasteiger partial charge in [-0.1, -0.05) is 98.9 Å². The molecule has 0 aromatic heterocycles. The lowest BCUT2D eigenvalue weighted by Gasteiger charge is -2.20. The van der Waals surface area contributed by atoms with Gasteiger partial charge in [0.15, 0.2) is 0 Å². The van der Waals surface area contributed by atoms with E-state index in [4.69, 9.17) is 77.3 Å². The highest BCUT2D eigenvalue weighted by atomic mass is 16.6. The second-order valence-electron chi connectivity index (χ2n) is 31.5. The van der Waals surface area contributed by atoms with Crippen molar-refractivity contribution in [2.75, 3.05) is 92.9 Å². The van der Waals surface area contributed by atoms with Gasteiger partial charge in [0.2, 0.25) is 0 Å². The highest BCUT2D eigenvalue weighted by Gasteiger charge is 2.32. The predicted molar refractivity (Wildman–Crippen MR) is 447 cm³/mol. The smallest absolute Gasteiger partial charge is 0.407 e. The second-order valence-corrected chi connectivity index (χ2v) is 31.5. The number of carboxylic acids is 3. The summed E-state index contributed by atoms with van der Waals surface area (Å²) in [6.45, 7) is 40.7. The van der Waals surface area contributed by atoms with Crippen LogP contribution < -0.4 is 5.32 Å². The number of aliphatic hydroxyl groups excluding tert-OH is 1. The van der Waals surface area contributed by atoms with Crippen molar-refractivity contribution in [3.05, 3.63) is 106 Å². The summed E-state index contributed by atoms with van der Waals surface area (Å²) in [6, 6.07) is 16.9. The topological polar surface area (TPSA) is 443 Å². The molecule has 2 atom stereocenters. The molecule has 0 saturated carbocycles. The molecule has 0 aliphatic heterocycles. The average molecular weight is 1700 g/mol. The van der Waals surface area contributed by atoms with Gasteiger partial charge in [0, 0.05) is 13.5 Å². The van der Waals surface area contributed by atoms with Crippen LogP contribution in [0.4, 0.5) is 4.79 Å². The molecule has 3 aromatic rings. The number of hydrogen-bond donors (Lipinski definition) is 5. The Morgan fingerprint density at radius 1 is 0.350 bits per heavy atom. The zero-order valence-electron chi connectivity index (χ0n) is 75.1. The van der Waals surface area contributed by atoms with Crippen molar-refractivity contribution in [2.45, 2.75) is 241 Å². The molecule has 680 valence electrons. The third-order valence-electron chi connectivity index (χ3n) is 19.3. The molecule has 0 aliphatic rings. The summed E-state index contributed by atoms with van der Waals surface area (Å²) in [4.78, 5) is 161. The van der Waals surface area contributed by atoms with E-state index in [0.29, 0.717) is 70.9 Å². The van der Waals surface area contributed by atoms with E-state index in [9.17, 15) is 67.1 Å². The van der Waals surface area contributed by atoms with Crippen molar-refractivity contribution in [2.24, 2.45) is 38.4 Å². The van der Waals surface area contributed by atoms with Crippen LogP contribution in [0.2, 0.25) is 0 Å². The fraction of sp³-hybridized carbons (Fsp3) is 0.640. The Balaban J connectivity index is -0.00000140. The van der Waals surface area contributed by atoms with Crippen molar-refractivity contribution < 1.29 is 144 Å². The number of esters is 10. The average Bonchev–Trinajstić information content (AvgIpc) is 0.865. The Morgan fingerprint density at radius 3 is 1.02 bits per heavy atom. The Labute approximate surface area is 709 Å². The van der Waals surface area contributed by atoms with Crippen molar-refractivity contribution in [3.63, 3.8) is 0 Å². The summed E-state index contributed by atoms with van der Waals surface area (Å²) >= 11 is 0. The number of aliphatic hydroxyl groups is 1. The number of unbranched alkanes of at least 4 members (excludes halogenated alkanes) is 3. The van der Waals surface area contributed by atoms with Gasteiger partial charge < -0.3 is 82.6 Å². The van der Waals surface area contributed by atoms with Crippen LogP contribution in [0.15, 0.2) is 72.8 Å². The van der Waals surface area contributed by atoms with Gasteiger partial charge >= 0.3 is 83.7 Å². The first-order valence-corrected chi connectivity index (χ1v) is 40.8. The zero-order valence-corrected chi connectivity index (χ0v) is 75.1. The first kappa shape index (κ1) is 114. The fourth-order valence-corrected chi connectivity index (χ4v) is 8.18. The molecule has 31 heteroatoms. The summed E-state index contributed by atoms with van der Waals surface area (Å²) in [7, 11) is 1.58. The van der Waals surface area contributed by atoms with Gasteiger partial charge in [0.1, 0.15) is 59.5 Å². The largest absolute Gasteiger partial charge is 0.478 e. The number of carbonyl (C=O) groups excluding carboxylic acids is 11. The van der Waals surface area contributed by atoms with Crippen LogP contribution in [0, 0.1) is 38.4 Å². The molecule has 0 aliphatic carbocycles. The lowest BCUT2D eigenvalue weighted by atomic mass is 9.91. The van der Waals surface area contributed by atoms with Gasteiger partial charge in [-0.15, -0.1) is 0 Å². The van der Waals surface area contributed by atoms with Crippen LogP contribution in [-0.2, 0) is 90.4 Å². The molecule has 1 amide bonds. The summed E-state index contributed by atoms with van der Waals surface area (Å²) in [5.74, 6) is -7.01. The number of amides is 1. The Morgan fingerprint density at radius 2 is 0.683 bits per heavy atom. The molecule has 2 unspecified atom stereocenters. The van der Waals surface area contributed by atoms with Crippen LogP contribution in [0.1, 0.15) is 297 Å². The number of carboxylic acid groups (broad SMARTS) is 3. The van der Waals surface area contributed by atoms with Crippen molar-refractivity contribution >= 4 is 83.7 Å². The molecule has 0 spiro atoms. The molecule has 0 saturated heterocycles. The summed E-state index contributed by atoms with van der Waals surface area (Å²) in [6.07, 6.45) is 10.1. The molecule has 5 N–H and O–H groups in total. The van der Waals surface area contributed by atoms with Gasteiger partial charge in [-0.05, 0) is 209 Å². The molecule has 3 aromatic carbocycles. The predicted octanol–water partition coefficient (Wildman–Crippen LogP) is 15.5. The van der Waals surface area contributed by atoms with E-state index < -0.39 is 75.1 Å². The highest BCUT2D eigenvalue weighted by molar-refractivity contribution is 6.03. The number of alkyl carbamates (subject to hydrolysis) is 1. The van der Waals surface area contributed by atoms with Crippen LogP contribution in [0.3, 0.4) is 0 Å². The second kappa shape index (κ2) is 61.3. The highest BCUT2D eigenvalue weighted by Crippen LogP contribution is 2.27. The van der Waals surface area contributed by atoms with E-state index >= 15 is 0 Å². The minimum atomic E-state index is -1.20. The van der Waals surface area contributed by atoms with Gasteiger partial charge in [-0.2, -0.15) is 0 Å². The Kier molecular flexibility index (Phi) is 58.3. The van der Waals surface area contributed by atoms with Gasteiger partial charge in [0.05, 0.1) is 98.3 Å². The molecular formula is C89H139NO30. The van der Waals surface area contributed by atoms with Gasteiger partial charge in [-0.25, -0.2) is 33.6 Å². The van der Waals surface area contributed by atoms with Crippen molar-refractivity contribution in [1.82, 2.24) is 5.32 Å². The number of aromatic carboxylic acids is 3. The van der Waals surface area contributed by atoms with Crippen LogP contribution >= 0.6 is 0 Å². The molecule has 3 rings (SSSR count). The number of carbonyl (C=O) groups is 14. The summed E-state index contributed by atoms with van der Waals surface area (Å²) in [5.41, 5.74) is -3.03. The van der Waals surface area contributed by atoms with E-state index in [0.717, 1.165) is 44.9 Å². The Hall–Kier alpha value is -10.0. The first-order valence-electron chi connectivity index (χ1n) is 40.8. The molecule has 0 radical (unpaired) electrons. The number of benzene rings is 3. The molecule has 120 heavy (non-hydrogen) atoms. The first-order chi connectivity index (χ1) is 56.1. The minimum Gasteiger partial charge on any atom is -0.478 e. The molecular weight excluding hydrogens is 1560 g/mol. The van der Waals surface area contributed by atoms with E-state index in [-0.39, 0.29) is 140 Å². The number of ether oxygens (including phenoxy) is 12. The van der Waals surface area contributed by atoms with Crippen LogP contribution in [0.5, 0.6) is 0 Å². The third kappa shape index (κ3) is 49.5. The van der Waals surface area contributed by atoms with Gasteiger partial charge in [-0.3, -0.25) is 33.6 Å². The van der Waals surface area contributed by atoms with E-state index in [1.54, 1.807) is 67.7 Å². The van der Waals surface area contributed by atoms with Crippen molar-refractivity contribution in [3.8, 4) is 0 Å². The van der Waals surface area contributed by atoms with E-state index in [2.05, 4.69) is 19.2 Å². The lowest BCUT2D eigenvalue weighted by molar-refractivity contribution is -0.157. The summed E-state index contributed by atoms with van der Waals surface area (Å²) in [5, 5.41) is 38.2. The monoisotopic (exact) mass is 1700 g/mol. The minimum absolute atomic E-state index is 0.0127. The standard InChI is InChI=1S/C23H43NO6.3C16H20O6.2C9H18O3/c1-6-9-13-19(7-2)18-30-20(25)14-11-10-12-16-29-22(27)24-15-17-28-21(26)23(4,5)8-3;1-4-16(2,3)15(20)22-10-9-21-14(19)12-7-5-11(6-8-12)13(17)18;2*1-4-16(2,3)15(20)22-10-9-21-14(19)12-8-6-5-7-11(12)13(17)18;1-5-9(2,3)8(10)12-7-6-11-4;1-5-9(3,4)8(11)12-6-7(2)10/h19H,6-18H2,1-5H3,(H,24,27);3*5-8H,4,9-10H2,1-3H3,(H,17,18);5-7H2,1-4H3;7,10H,5-6H2,1-4H3. The molecule has 0 bridgehead atoms. The normalized spacial score (nSPS) is 11.6. The van der Waals surface area contributed by atoms with Crippen LogP contribution in [0.25, 0.3) is 0 Å². The number of hydrogen-bond acceptors (Lipinski definition) is 27. The van der Waals surface area contributed by atoms with E-state index in [1.807, 2.05) is 83.1 Å². The number of nitrogens with one attached hydrogen (secondary N) is 1. The van der Waals surface area contributed by atoms with Crippen molar-refractivity contribution in [1.29, 1.82) is 0 Å². The maximum Gasteiger partial charge on any atom is 0.407 e. The lowest BCUT2D eigenvalue weighted by Crippen LogP contribution is -2.32.